The van der Waals surface area contributed by atoms with Crippen LogP contribution in [-0.4, -0.2) is 33.6 Å². The summed E-state index contributed by atoms with van der Waals surface area (Å²) in [6.45, 7) is 2.32. The Bertz CT molecular complexity index is 274. The summed E-state index contributed by atoms with van der Waals surface area (Å²) >= 11 is 0. The van der Waals surface area contributed by atoms with Gasteiger partial charge in [-0.3, -0.25) is 0 Å². The standard InChI is InChI=1S/C6H13N3O2S.ClH/c10-12(11)8-5-6(9-12)1-3-7-4-2-6;/h7-9H,1-5H2;1H. The highest BCUT2D eigenvalue weighted by Crippen LogP contribution is 2.21. The van der Waals surface area contributed by atoms with E-state index in [1.165, 1.54) is 0 Å². The topological polar surface area (TPSA) is 70.2 Å². The Hall–Kier alpha value is 0.120. The summed E-state index contributed by atoms with van der Waals surface area (Å²) in [7, 11) is -3.18. The van der Waals surface area contributed by atoms with E-state index in [1.54, 1.807) is 0 Å². The molecule has 5 nitrogen and oxygen atoms in total. The molecule has 0 atom stereocenters. The maximum absolute atomic E-state index is 11.1. The summed E-state index contributed by atoms with van der Waals surface area (Å²) in [6.07, 6.45) is 1.75. The van der Waals surface area contributed by atoms with Crippen LogP contribution in [0.3, 0.4) is 0 Å². The maximum atomic E-state index is 11.1. The normalized spacial score (nSPS) is 29.8. The van der Waals surface area contributed by atoms with Gasteiger partial charge in [0.25, 0.3) is 10.2 Å². The van der Waals surface area contributed by atoms with E-state index in [4.69, 9.17) is 0 Å². The molecule has 0 amide bonds. The first-order valence-electron chi connectivity index (χ1n) is 4.11. The monoisotopic (exact) mass is 227 g/mol. The molecule has 0 aromatic heterocycles. The lowest BCUT2D eigenvalue weighted by Gasteiger charge is -2.31. The molecule has 0 saturated carbocycles. The zero-order chi connectivity index (χ0) is 8.66. The molecule has 7 heteroatoms. The fourth-order valence-corrected chi connectivity index (χ4v) is 3.16. The molecular weight excluding hydrogens is 214 g/mol. The minimum atomic E-state index is -3.18. The highest BCUT2D eigenvalue weighted by atomic mass is 35.5. The number of hydrogen-bond acceptors (Lipinski definition) is 3. The number of rotatable bonds is 0. The van der Waals surface area contributed by atoms with Gasteiger partial charge in [0.2, 0.25) is 0 Å². The van der Waals surface area contributed by atoms with Crippen molar-refractivity contribution >= 4 is 22.6 Å². The van der Waals surface area contributed by atoms with Gasteiger partial charge in [-0.15, -0.1) is 12.4 Å². The molecule has 2 heterocycles. The SMILES string of the molecule is Cl.O=S1(=O)NCC2(CCNCC2)N1. The van der Waals surface area contributed by atoms with Gasteiger partial charge in [0.1, 0.15) is 0 Å². The molecule has 3 N–H and O–H groups in total. The predicted molar refractivity (Wildman–Crippen MR) is 52.1 cm³/mol. The van der Waals surface area contributed by atoms with Crippen molar-refractivity contribution in [1.29, 1.82) is 0 Å². The molecule has 2 aliphatic heterocycles. The number of hydrogen-bond donors (Lipinski definition) is 3. The minimum Gasteiger partial charge on any atom is -0.317 e. The fourth-order valence-electron chi connectivity index (χ4n) is 1.77. The molecule has 0 bridgehead atoms. The quantitative estimate of drug-likeness (QED) is 0.496. The van der Waals surface area contributed by atoms with Crippen molar-refractivity contribution in [3.05, 3.63) is 0 Å². The molecule has 2 saturated heterocycles. The van der Waals surface area contributed by atoms with E-state index in [9.17, 15) is 8.42 Å². The van der Waals surface area contributed by atoms with Crippen molar-refractivity contribution < 1.29 is 8.42 Å². The molecule has 0 unspecified atom stereocenters. The zero-order valence-electron chi connectivity index (χ0n) is 7.17. The van der Waals surface area contributed by atoms with Gasteiger partial charge in [0.15, 0.2) is 0 Å². The minimum absolute atomic E-state index is 0. The Kier molecular flexibility index (Phi) is 3.19. The Morgan fingerprint density at radius 3 is 2.23 bits per heavy atom. The van der Waals surface area contributed by atoms with Crippen LogP contribution in [0.15, 0.2) is 0 Å². The summed E-state index contributed by atoms with van der Waals surface area (Å²) in [5, 5.41) is 3.20. The van der Waals surface area contributed by atoms with E-state index in [-0.39, 0.29) is 17.9 Å². The predicted octanol–water partition coefficient (Wildman–Crippen LogP) is -1.03. The lowest BCUT2D eigenvalue weighted by atomic mass is 9.90. The van der Waals surface area contributed by atoms with Crippen molar-refractivity contribution in [2.24, 2.45) is 0 Å². The number of nitrogens with one attached hydrogen (secondary N) is 3. The van der Waals surface area contributed by atoms with Gasteiger partial charge < -0.3 is 5.32 Å². The lowest BCUT2D eigenvalue weighted by Crippen LogP contribution is -2.51. The molecule has 78 valence electrons. The third-order valence-corrected chi connectivity index (χ3v) is 3.74. The molecule has 2 rings (SSSR count). The summed E-state index contributed by atoms with van der Waals surface area (Å²) in [4.78, 5) is 0. The first-order chi connectivity index (χ1) is 5.62. The molecule has 0 aromatic rings. The molecule has 0 radical (unpaired) electrons. The third kappa shape index (κ3) is 2.32. The van der Waals surface area contributed by atoms with Crippen LogP contribution in [-0.2, 0) is 10.2 Å². The molecule has 13 heavy (non-hydrogen) atoms. The van der Waals surface area contributed by atoms with Gasteiger partial charge in [0, 0.05) is 12.1 Å². The van der Waals surface area contributed by atoms with Crippen molar-refractivity contribution in [3.8, 4) is 0 Å². The Morgan fingerprint density at radius 1 is 1.15 bits per heavy atom. The van der Waals surface area contributed by atoms with Crippen LogP contribution < -0.4 is 14.8 Å². The molecule has 0 aliphatic carbocycles. The van der Waals surface area contributed by atoms with Gasteiger partial charge in [-0.1, -0.05) is 0 Å². The molecule has 0 aromatic carbocycles. The fraction of sp³-hybridized carbons (Fsp3) is 1.00. The van der Waals surface area contributed by atoms with E-state index in [0.29, 0.717) is 6.54 Å². The van der Waals surface area contributed by atoms with Gasteiger partial charge in [-0.2, -0.15) is 13.1 Å². The van der Waals surface area contributed by atoms with Crippen LogP contribution in [0.1, 0.15) is 12.8 Å². The van der Waals surface area contributed by atoms with E-state index >= 15 is 0 Å². The van der Waals surface area contributed by atoms with Crippen molar-refractivity contribution in [1.82, 2.24) is 14.8 Å². The van der Waals surface area contributed by atoms with Crippen LogP contribution in [0.2, 0.25) is 0 Å². The summed E-state index contributed by atoms with van der Waals surface area (Å²) in [6, 6.07) is 0. The van der Waals surface area contributed by atoms with Gasteiger partial charge in [-0.05, 0) is 25.9 Å². The van der Waals surface area contributed by atoms with Gasteiger partial charge >= 0.3 is 0 Å². The molecular formula is C6H14ClN3O2S. The Balaban J connectivity index is 0.000000845. The maximum Gasteiger partial charge on any atom is 0.277 e. The smallest absolute Gasteiger partial charge is 0.277 e. The summed E-state index contributed by atoms with van der Waals surface area (Å²) in [5.74, 6) is 0. The second-order valence-corrected chi connectivity index (χ2v) is 4.96. The first-order valence-corrected chi connectivity index (χ1v) is 5.60. The zero-order valence-corrected chi connectivity index (χ0v) is 8.80. The van der Waals surface area contributed by atoms with Gasteiger partial charge in [0.05, 0.1) is 0 Å². The molecule has 1 spiro atoms. The van der Waals surface area contributed by atoms with E-state index < -0.39 is 10.2 Å². The lowest BCUT2D eigenvalue weighted by molar-refractivity contribution is 0.304. The third-order valence-electron chi connectivity index (χ3n) is 2.51. The Labute approximate surface area is 84.3 Å². The summed E-state index contributed by atoms with van der Waals surface area (Å²) in [5.41, 5.74) is -0.204. The van der Waals surface area contributed by atoms with Crippen molar-refractivity contribution in [3.63, 3.8) is 0 Å². The van der Waals surface area contributed by atoms with Crippen molar-refractivity contribution in [2.45, 2.75) is 18.4 Å². The second kappa shape index (κ2) is 3.70. The highest BCUT2D eigenvalue weighted by molar-refractivity contribution is 7.87. The van der Waals surface area contributed by atoms with E-state index in [0.717, 1.165) is 25.9 Å². The van der Waals surface area contributed by atoms with Crippen LogP contribution in [0, 0.1) is 0 Å². The average molecular weight is 228 g/mol. The second-order valence-electron chi connectivity index (χ2n) is 3.46. The van der Waals surface area contributed by atoms with Crippen LogP contribution in [0.5, 0.6) is 0 Å². The van der Waals surface area contributed by atoms with Crippen LogP contribution in [0.25, 0.3) is 0 Å². The highest BCUT2D eigenvalue weighted by Gasteiger charge is 2.41. The number of piperidine rings is 1. The number of halogens is 1. The van der Waals surface area contributed by atoms with E-state index in [1.807, 2.05) is 0 Å². The average Bonchev–Trinajstić information content (AvgIpc) is 2.29. The largest absolute Gasteiger partial charge is 0.317 e. The Morgan fingerprint density at radius 2 is 1.77 bits per heavy atom. The molecule has 2 fully saturated rings. The summed E-state index contributed by atoms with van der Waals surface area (Å²) < 4.78 is 27.3. The van der Waals surface area contributed by atoms with Crippen LogP contribution in [0.4, 0.5) is 0 Å². The first kappa shape index (κ1) is 11.2. The van der Waals surface area contributed by atoms with Crippen LogP contribution >= 0.6 is 12.4 Å². The van der Waals surface area contributed by atoms with Crippen molar-refractivity contribution in [2.75, 3.05) is 19.6 Å². The van der Waals surface area contributed by atoms with Gasteiger partial charge in [-0.25, -0.2) is 4.72 Å². The van der Waals surface area contributed by atoms with E-state index in [2.05, 4.69) is 14.8 Å². The molecule has 2 aliphatic rings.